The Balaban J connectivity index is 2.44. The molecule has 1 aromatic carbocycles. The maximum Gasteiger partial charge on any atom is 0.275 e. The fourth-order valence-corrected chi connectivity index (χ4v) is 4.26. The van der Waals surface area contributed by atoms with Crippen LogP contribution in [0.4, 0.5) is 0 Å². The van der Waals surface area contributed by atoms with E-state index in [-0.39, 0.29) is 5.56 Å². The Morgan fingerprint density at radius 1 is 1.31 bits per heavy atom. The van der Waals surface area contributed by atoms with Gasteiger partial charge in [0.1, 0.15) is 11.0 Å². The van der Waals surface area contributed by atoms with Crippen molar-refractivity contribution in [1.29, 1.82) is 0 Å². The molecule has 2 aromatic heterocycles. The van der Waals surface area contributed by atoms with Crippen molar-refractivity contribution >= 4 is 56.5 Å². The van der Waals surface area contributed by atoms with Gasteiger partial charge in [-0.15, -0.1) is 11.3 Å². The molecule has 26 heavy (non-hydrogen) atoms. The number of hydrogen-bond donors (Lipinski definition) is 0. The minimum Gasteiger partial charge on any atom is -0.376 e. The van der Waals surface area contributed by atoms with Crippen molar-refractivity contribution in [3.8, 4) is 5.69 Å². The van der Waals surface area contributed by atoms with Crippen LogP contribution in [0.1, 0.15) is 6.92 Å². The third-order valence-electron chi connectivity index (χ3n) is 3.93. The molecule has 0 aliphatic carbocycles. The summed E-state index contributed by atoms with van der Waals surface area (Å²) in [6.45, 7) is 5.79. The van der Waals surface area contributed by atoms with E-state index in [2.05, 4.69) is 11.6 Å². The first-order valence-electron chi connectivity index (χ1n) is 7.84. The highest BCUT2D eigenvalue weighted by Crippen LogP contribution is 2.17. The molecule has 0 N–H and O–H groups in total. The van der Waals surface area contributed by atoms with E-state index in [0.29, 0.717) is 26.0 Å². The predicted octanol–water partition coefficient (Wildman–Crippen LogP) is 3.32. The first kappa shape index (κ1) is 18.7. The van der Waals surface area contributed by atoms with Crippen molar-refractivity contribution in [2.45, 2.75) is 6.92 Å². The Morgan fingerprint density at radius 2 is 1.96 bits per heavy atom. The van der Waals surface area contributed by atoms with E-state index in [4.69, 9.17) is 23.2 Å². The standard InChI is InChI=1S/C19H17Cl2N3OS/c1-5-14-15(17(11(2)20)23(3)4)16-18(26-14)19(25)24(10-22-16)13-8-6-12(21)7-9-13/h5-10H,2H2,1,3-4H3/b14-5+,17-15-. The molecule has 0 amide bonds. The topological polar surface area (TPSA) is 38.1 Å². The normalized spacial score (nSPS) is 13.2. The number of rotatable bonds is 3. The van der Waals surface area contributed by atoms with Gasteiger partial charge < -0.3 is 4.90 Å². The number of likely N-dealkylation sites (N-methyl/N-ethyl adjacent to an activating group) is 1. The molecule has 0 atom stereocenters. The summed E-state index contributed by atoms with van der Waals surface area (Å²) in [5.74, 6) is 0. The molecule has 0 saturated heterocycles. The van der Waals surface area contributed by atoms with Gasteiger partial charge in [0.25, 0.3) is 5.56 Å². The fraction of sp³-hybridized carbons (Fsp3) is 0.158. The highest BCUT2D eigenvalue weighted by Gasteiger charge is 2.15. The van der Waals surface area contributed by atoms with Gasteiger partial charge in [0.2, 0.25) is 0 Å². The quantitative estimate of drug-likeness (QED) is 0.670. The first-order valence-corrected chi connectivity index (χ1v) is 9.41. The molecule has 0 fully saturated rings. The van der Waals surface area contributed by atoms with Crippen LogP contribution < -0.4 is 15.3 Å². The molecule has 2 heterocycles. The van der Waals surface area contributed by atoms with Gasteiger partial charge in [0.05, 0.1) is 21.9 Å². The fourth-order valence-electron chi connectivity index (χ4n) is 2.80. The molecule has 0 bridgehead atoms. The lowest BCUT2D eigenvalue weighted by atomic mass is 10.2. The lowest BCUT2D eigenvalue weighted by molar-refractivity contribution is 0.590. The predicted molar refractivity (Wildman–Crippen MR) is 112 cm³/mol. The Hall–Kier alpha value is -2.08. The molecule has 0 unspecified atom stereocenters. The summed E-state index contributed by atoms with van der Waals surface area (Å²) in [6.07, 6.45) is 3.49. The molecule has 3 aromatic rings. The molecule has 0 spiro atoms. The molecule has 134 valence electrons. The van der Waals surface area contributed by atoms with Gasteiger partial charge in [0, 0.05) is 28.9 Å². The van der Waals surface area contributed by atoms with Crippen LogP contribution in [0, 0.1) is 0 Å². The number of fused-ring (bicyclic) bond motifs is 1. The van der Waals surface area contributed by atoms with E-state index in [9.17, 15) is 4.79 Å². The second-order valence-electron chi connectivity index (χ2n) is 5.85. The summed E-state index contributed by atoms with van der Waals surface area (Å²) in [7, 11) is 3.78. The highest BCUT2D eigenvalue weighted by molar-refractivity contribution is 7.16. The second kappa shape index (κ2) is 7.27. The van der Waals surface area contributed by atoms with Crippen LogP contribution in [0.15, 0.2) is 47.0 Å². The summed E-state index contributed by atoms with van der Waals surface area (Å²) in [5, 5.41) is 1.85. The van der Waals surface area contributed by atoms with E-state index in [0.717, 1.165) is 15.4 Å². The molecule has 3 rings (SSSR count). The van der Waals surface area contributed by atoms with Gasteiger partial charge in [-0.3, -0.25) is 9.36 Å². The molecule has 0 radical (unpaired) electrons. The highest BCUT2D eigenvalue weighted by atomic mass is 35.5. The number of hydrogen-bond acceptors (Lipinski definition) is 4. The minimum atomic E-state index is -0.130. The van der Waals surface area contributed by atoms with Crippen molar-refractivity contribution in [2.75, 3.05) is 14.1 Å². The lowest BCUT2D eigenvalue weighted by Gasteiger charge is -2.15. The smallest absolute Gasteiger partial charge is 0.275 e. The van der Waals surface area contributed by atoms with Crippen LogP contribution in [0.5, 0.6) is 0 Å². The zero-order valence-electron chi connectivity index (χ0n) is 14.6. The minimum absolute atomic E-state index is 0.130. The first-order chi connectivity index (χ1) is 12.3. The van der Waals surface area contributed by atoms with Crippen molar-refractivity contribution in [2.24, 2.45) is 0 Å². The van der Waals surface area contributed by atoms with Crippen LogP contribution >= 0.6 is 34.5 Å². The Labute approximate surface area is 164 Å². The molecule has 7 heteroatoms. The van der Waals surface area contributed by atoms with Crippen LogP contribution in [0.3, 0.4) is 0 Å². The number of aromatic nitrogens is 2. The van der Waals surface area contributed by atoms with Crippen molar-refractivity contribution in [1.82, 2.24) is 14.5 Å². The van der Waals surface area contributed by atoms with Crippen LogP contribution in [-0.4, -0.2) is 28.5 Å². The van der Waals surface area contributed by atoms with Gasteiger partial charge >= 0.3 is 0 Å². The zero-order chi connectivity index (χ0) is 19.0. The molecular weight excluding hydrogens is 389 g/mol. The van der Waals surface area contributed by atoms with Crippen LogP contribution in [0.2, 0.25) is 5.02 Å². The molecule has 0 saturated carbocycles. The van der Waals surface area contributed by atoms with Gasteiger partial charge in [0.15, 0.2) is 0 Å². The van der Waals surface area contributed by atoms with E-state index in [1.807, 2.05) is 32.0 Å². The van der Waals surface area contributed by atoms with Crippen molar-refractivity contribution in [3.63, 3.8) is 0 Å². The largest absolute Gasteiger partial charge is 0.376 e. The zero-order valence-corrected chi connectivity index (χ0v) is 16.9. The second-order valence-corrected chi connectivity index (χ2v) is 7.80. The van der Waals surface area contributed by atoms with Crippen LogP contribution in [-0.2, 0) is 0 Å². The summed E-state index contributed by atoms with van der Waals surface area (Å²) < 4.78 is 3.02. The maximum atomic E-state index is 13.1. The molecular formula is C19H17Cl2N3OS. The van der Waals surface area contributed by atoms with Gasteiger partial charge in [-0.2, -0.15) is 0 Å². The Morgan fingerprint density at radius 3 is 2.50 bits per heavy atom. The van der Waals surface area contributed by atoms with E-state index >= 15 is 0 Å². The third-order valence-corrected chi connectivity index (χ3v) is 5.60. The maximum absolute atomic E-state index is 13.1. The van der Waals surface area contributed by atoms with Crippen molar-refractivity contribution in [3.05, 3.63) is 67.3 Å². The number of benzene rings is 1. The van der Waals surface area contributed by atoms with Gasteiger partial charge in [-0.1, -0.05) is 35.9 Å². The van der Waals surface area contributed by atoms with Crippen molar-refractivity contribution < 1.29 is 0 Å². The van der Waals surface area contributed by atoms with Gasteiger partial charge in [-0.25, -0.2) is 4.98 Å². The number of halogens is 2. The van der Waals surface area contributed by atoms with Gasteiger partial charge in [-0.05, 0) is 31.2 Å². The molecule has 0 aliphatic heterocycles. The van der Waals surface area contributed by atoms with Crippen LogP contribution in [0.25, 0.3) is 27.7 Å². The number of thiophene rings is 1. The van der Waals surface area contributed by atoms with E-state index in [1.54, 1.807) is 24.3 Å². The monoisotopic (exact) mass is 405 g/mol. The SMILES string of the molecule is C=C(Cl)/C(=c1\c(=C/C)sc2c(=O)n(-c3ccc(Cl)cc3)cnc12)N(C)C. The molecule has 0 aliphatic rings. The summed E-state index contributed by atoms with van der Waals surface area (Å²) in [5.41, 5.74) is 1.96. The Bertz CT molecular complexity index is 1170. The average molecular weight is 406 g/mol. The summed E-state index contributed by atoms with van der Waals surface area (Å²) >= 11 is 13.6. The average Bonchev–Trinajstić information content (AvgIpc) is 2.95. The number of nitrogens with zero attached hydrogens (tertiary/aromatic N) is 3. The molecule has 4 nitrogen and oxygen atoms in total. The lowest BCUT2D eigenvalue weighted by Crippen LogP contribution is -2.29. The third kappa shape index (κ3) is 3.18. The summed E-state index contributed by atoms with van der Waals surface area (Å²) in [4.78, 5) is 19.5. The summed E-state index contributed by atoms with van der Waals surface area (Å²) in [6, 6.07) is 7.06. The Kier molecular flexibility index (Phi) is 5.23. The van der Waals surface area contributed by atoms with E-state index in [1.165, 1.54) is 22.2 Å². The van der Waals surface area contributed by atoms with E-state index < -0.39 is 0 Å².